The van der Waals surface area contributed by atoms with Crippen LogP contribution >= 0.6 is 0 Å². The van der Waals surface area contributed by atoms with Gasteiger partial charge < -0.3 is 9.84 Å². The summed E-state index contributed by atoms with van der Waals surface area (Å²) in [5.74, 6) is 0.714. The highest BCUT2D eigenvalue weighted by Gasteiger charge is 2.28. The van der Waals surface area contributed by atoms with Gasteiger partial charge in [-0.15, -0.1) is 0 Å². The first-order valence-electron chi connectivity index (χ1n) is 11.1. The number of amides is 1. The van der Waals surface area contributed by atoms with Crippen LogP contribution in [0.1, 0.15) is 31.2 Å². The zero-order valence-corrected chi connectivity index (χ0v) is 19.5. The molecule has 1 atom stereocenters. The van der Waals surface area contributed by atoms with Crippen molar-refractivity contribution in [1.82, 2.24) is 19.3 Å². The summed E-state index contributed by atoms with van der Waals surface area (Å²) in [5.41, 5.74) is 1.53. The van der Waals surface area contributed by atoms with Gasteiger partial charge in [-0.1, -0.05) is 5.16 Å². The van der Waals surface area contributed by atoms with E-state index in [4.69, 9.17) is 4.52 Å². The number of nitrogens with one attached hydrogen (secondary N) is 1. The third-order valence-corrected chi connectivity index (χ3v) is 8.13. The van der Waals surface area contributed by atoms with Gasteiger partial charge in [-0.3, -0.25) is 14.6 Å². The quantitative estimate of drug-likeness (QED) is 0.672. The SMILES string of the molecule is Cc1cc(CN2CCN(C(C)C(=O)Nc3ccc(S(=O)(=O)N4CCCC4)cc3)CC2)no1. The molecular weight excluding hydrogens is 430 g/mol. The molecule has 2 aliphatic rings. The maximum atomic E-state index is 12.8. The van der Waals surface area contributed by atoms with Gasteiger partial charge in [-0.25, -0.2) is 8.42 Å². The molecule has 0 bridgehead atoms. The highest BCUT2D eigenvalue weighted by Crippen LogP contribution is 2.22. The molecule has 3 heterocycles. The lowest BCUT2D eigenvalue weighted by atomic mass is 10.2. The molecule has 1 aromatic carbocycles. The summed E-state index contributed by atoms with van der Waals surface area (Å²) in [5, 5.41) is 6.96. The molecule has 174 valence electrons. The molecule has 1 amide bonds. The molecule has 0 aliphatic carbocycles. The van der Waals surface area contributed by atoms with Crippen molar-refractivity contribution in [2.45, 2.75) is 44.2 Å². The lowest BCUT2D eigenvalue weighted by Gasteiger charge is -2.37. The topological polar surface area (TPSA) is 99.0 Å². The summed E-state index contributed by atoms with van der Waals surface area (Å²) in [7, 11) is -3.45. The average molecular weight is 462 g/mol. The Morgan fingerprint density at radius 1 is 1.09 bits per heavy atom. The van der Waals surface area contributed by atoms with Crippen LogP contribution in [0.25, 0.3) is 0 Å². The van der Waals surface area contributed by atoms with Crippen molar-refractivity contribution < 1.29 is 17.7 Å². The van der Waals surface area contributed by atoms with Gasteiger partial charge in [0.1, 0.15) is 5.76 Å². The minimum atomic E-state index is -3.45. The first-order valence-corrected chi connectivity index (χ1v) is 12.6. The molecule has 2 fully saturated rings. The van der Waals surface area contributed by atoms with E-state index in [0.717, 1.165) is 57.0 Å². The number of benzene rings is 1. The van der Waals surface area contributed by atoms with Gasteiger partial charge in [-0.2, -0.15) is 4.31 Å². The number of aryl methyl sites for hydroxylation is 1. The molecule has 1 aromatic heterocycles. The Morgan fingerprint density at radius 2 is 1.75 bits per heavy atom. The summed E-state index contributed by atoms with van der Waals surface area (Å²) in [6, 6.07) is 8.12. The van der Waals surface area contributed by atoms with E-state index in [9.17, 15) is 13.2 Å². The third kappa shape index (κ3) is 5.20. The van der Waals surface area contributed by atoms with Gasteiger partial charge in [0, 0.05) is 57.6 Å². The van der Waals surface area contributed by atoms with Crippen LogP contribution in [0.4, 0.5) is 5.69 Å². The van der Waals surface area contributed by atoms with Crippen molar-refractivity contribution in [1.29, 1.82) is 0 Å². The number of sulfonamides is 1. The number of rotatable bonds is 7. The van der Waals surface area contributed by atoms with E-state index >= 15 is 0 Å². The van der Waals surface area contributed by atoms with Crippen molar-refractivity contribution in [2.24, 2.45) is 0 Å². The van der Waals surface area contributed by atoms with Gasteiger partial charge in [0.15, 0.2) is 0 Å². The lowest BCUT2D eigenvalue weighted by molar-refractivity contribution is -0.121. The number of anilines is 1. The predicted octanol–water partition coefficient (Wildman–Crippen LogP) is 1.91. The molecule has 1 unspecified atom stereocenters. The van der Waals surface area contributed by atoms with Crippen LogP contribution in [0, 0.1) is 6.92 Å². The second kappa shape index (κ2) is 9.70. The number of aromatic nitrogens is 1. The first-order chi connectivity index (χ1) is 15.3. The first kappa shape index (κ1) is 22.9. The number of carbonyl (C=O) groups excluding carboxylic acids is 1. The molecule has 2 aliphatic heterocycles. The van der Waals surface area contributed by atoms with Crippen molar-refractivity contribution >= 4 is 21.6 Å². The highest BCUT2D eigenvalue weighted by molar-refractivity contribution is 7.89. The summed E-state index contributed by atoms with van der Waals surface area (Å²) in [6.07, 6.45) is 1.80. The highest BCUT2D eigenvalue weighted by atomic mass is 32.2. The second-order valence-corrected chi connectivity index (χ2v) is 10.5. The fourth-order valence-corrected chi connectivity index (χ4v) is 5.75. The second-order valence-electron chi connectivity index (χ2n) is 8.54. The van der Waals surface area contributed by atoms with Crippen molar-refractivity contribution in [2.75, 3.05) is 44.6 Å². The van der Waals surface area contributed by atoms with Gasteiger partial charge in [0.05, 0.1) is 16.6 Å². The number of piperazine rings is 1. The van der Waals surface area contributed by atoms with E-state index in [-0.39, 0.29) is 16.8 Å². The van der Waals surface area contributed by atoms with Crippen molar-refractivity contribution in [3.63, 3.8) is 0 Å². The van der Waals surface area contributed by atoms with Crippen LogP contribution in [0.5, 0.6) is 0 Å². The summed E-state index contributed by atoms with van der Waals surface area (Å²) in [4.78, 5) is 17.5. The van der Waals surface area contributed by atoms with E-state index in [1.807, 2.05) is 19.9 Å². The monoisotopic (exact) mass is 461 g/mol. The van der Waals surface area contributed by atoms with Crippen LogP contribution in [-0.4, -0.2) is 78.9 Å². The summed E-state index contributed by atoms with van der Waals surface area (Å²) < 4.78 is 31.9. The Balaban J connectivity index is 1.28. The Hall–Kier alpha value is -2.27. The van der Waals surface area contributed by atoms with Gasteiger partial charge in [0.2, 0.25) is 15.9 Å². The fourth-order valence-electron chi connectivity index (χ4n) is 4.23. The molecule has 9 nitrogen and oxygen atoms in total. The van der Waals surface area contributed by atoms with Gasteiger partial charge >= 0.3 is 0 Å². The fraction of sp³-hybridized carbons (Fsp3) is 0.545. The number of hydrogen-bond acceptors (Lipinski definition) is 7. The van der Waals surface area contributed by atoms with Crippen LogP contribution < -0.4 is 5.32 Å². The Bertz CT molecular complexity index is 1020. The molecule has 2 aromatic rings. The van der Waals surface area contributed by atoms with E-state index < -0.39 is 10.0 Å². The van der Waals surface area contributed by atoms with Gasteiger partial charge in [-0.05, 0) is 51.0 Å². The minimum absolute atomic E-state index is 0.0965. The molecule has 4 rings (SSSR count). The Kier molecular flexibility index (Phi) is 6.94. The van der Waals surface area contributed by atoms with Gasteiger partial charge in [0.25, 0.3) is 0 Å². The van der Waals surface area contributed by atoms with E-state index in [0.29, 0.717) is 18.8 Å². The lowest BCUT2D eigenvalue weighted by Crippen LogP contribution is -2.52. The number of hydrogen-bond donors (Lipinski definition) is 1. The zero-order chi connectivity index (χ0) is 22.7. The number of nitrogens with zero attached hydrogens (tertiary/aromatic N) is 4. The summed E-state index contributed by atoms with van der Waals surface area (Å²) >= 11 is 0. The molecule has 1 N–H and O–H groups in total. The number of carbonyl (C=O) groups is 1. The maximum Gasteiger partial charge on any atom is 0.243 e. The largest absolute Gasteiger partial charge is 0.361 e. The molecule has 0 spiro atoms. The summed E-state index contributed by atoms with van der Waals surface area (Å²) in [6.45, 7) is 8.97. The standard InChI is InChI=1S/C22H31N5O4S/c1-17-15-20(24-31-17)16-25-11-13-26(14-12-25)18(2)22(28)23-19-5-7-21(8-6-19)32(29,30)27-9-3-4-10-27/h5-8,15,18H,3-4,9-14,16H2,1-2H3,(H,23,28). The van der Waals surface area contributed by atoms with Crippen molar-refractivity contribution in [3.05, 3.63) is 41.8 Å². The normalized spacial score (nSPS) is 19.8. The minimum Gasteiger partial charge on any atom is -0.361 e. The average Bonchev–Trinajstić information content (AvgIpc) is 3.47. The Morgan fingerprint density at radius 3 is 2.34 bits per heavy atom. The zero-order valence-electron chi connectivity index (χ0n) is 18.7. The van der Waals surface area contributed by atoms with Crippen LogP contribution in [0.3, 0.4) is 0 Å². The van der Waals surface area contributed by atoms with E-state index in [1.54, 1.807) is 24.3 Å². The Labute approximate surface area is 189 Å². The molecule has 0 radical (unpaired) electrons. The van der Waals surface area contributed by atoms with Crippen LogP contribution in [0.2, 0.25) is 0 Å². The van der Waals surface area contributed by atoms with Crippen LogP contribution in [-0.2, 0) is 21.4 Å². The predicted molar refractivity (Wildman–Crippen MR) is 121 cm³/mol. The third-order valence-electron chi connectivity index (χ3n) is 6.22. The van der Waals surface area contributed by atoms with Crippen molar-refractivity contribution in [3.8, 4) is 0 Å². The molecule has 32 heavy (non-hydrogen) atoms. The van der Waals surface area contributed by atoms with E-state index in [2.05, 4.69) is 20.3 Å². The maximum absolute atomic E-state index is 12.8. The van der Waals surface area contributed by atoms with Crippen LogP contribution in [0.15, 0.2) is 39.8 Å². The molecule has 10 heteroatoms. The van der Waals surface area contributed by atoms with E-state index in [1.165, 1.54) is 4.31 Å². The molecule has 0 saturated carbocycles. The smallest absolute Gasteiger partial charge is 0.243 e. The molecule has 2 saturated heterocycles. The molecular formula is C22H31N5O4S.